The quantitative estimate of drug-likeness (QED) is 0.697. The number of benzene rings is 1. The summed E-state index contributed by atoms with van der Waals surface area (Å²) < 4.78 is 0.813. The van der Waals surface area contributed by atoms with Gasteiger partial charge in [-0.1, -0.05) is 0 Å². The first-order chi connectivity index (χ1) is 7.69. The van der Waals surface area contributed by atoms with Crippen LogP contribution in [-0.4, -0.2) is 11.6 Å². The summed E-state index contributed by atoms with van der Waals surface area (Å²) in [6.45, 7) is 7.68. The van der Waals surface area contributed by atoms with E-state index >= 15 is 0 Å². The molecule has 1 aromatic rings. The Labute approximate surface area is 110 Å². The molecule has 0 atom stereocenters. The van der Waals surface area contributed by atoms with E-state index in [2.05, 4.69) is 26.6 Å². The van der Waals surface area contributed by atoms with E-state index < -0.39 is 0 Å². The van der Waals surface area contributed by atoms with Gasteiger partial charge in [0, 0.05) is 15.7 Å². The van der Waals surface area contributed by atoms with Crippen LogP contribution in [0.3, 0.4) is 0 Å². The smallest absolute Gasteiger partial charge is 0.319 e. The van der Waals surface area contributed by atoms with Crippen molar-refractivity contribution in [1.29, 1.82) is 0 Å². The molecule has 4 N–H and O–H groups in total. The van der Waals surface area contributed by atoms with E-state index in [1.807, 2.05) is 33.8 Å². The van der Waals surface area contributed by atoms with Crippen LogP contribution in [0.2, 0.25) is 0 Å². The van der Waals surface area contributed by atoms with Gasteiger partial charge in [-0.15, -0.1) is 0 Å². The van der Waals surface area contributed by atoms with Crippen molar-refractivity contribution >= 4 is 33.3 Å². The fourth-order valence-electron chi connectivity index (χ4n) is 1.28. The number of amides is 2. The molecule has 0 saturated carbocycles. The molecule has 1 rings (SSSR count). The zero-order valence-electron chi connectivity index (χ0n) is 10.5. The maximum Gasteiger partial charge on any atom is 0.319 e. The SMILES string of the molecule is Cc1cc(Br)c(NC(=O)NC(C)(C)C)cc1N. The van der Waals surface area contributed by atoms with Crippen molar-refractivity contribution in [2.45, 2.75) is 33.2 Å². The Bertz CT molecular complexity index is 438. The summed E-state index contributed by atoms with van der Waals surface area (Å²) in [5.74, 6) is 0. The summed E-state index contributed by atoms with van der Waals surface area (Å²) in [5, 5.41) is 5.58. The number of nitrogens with one attached hydrogen (secondary N) is 2. The first-order valence-electron chi connectivity index (χ1n) is 5.34. The summed E-state index contributed by atoms with van der Waals surface area (Å²) in [7, 11) is 0. The number of carbonyl (C=O) groups excluding carboxylic acids is 1. The molecule has 0 aromatic heterocycles. The Balaban J connectivity index is 2.82. The number of hydrogen-bond acceptors (Lipinski definition) is 2. The molecular formula is C12H18BrN3O. The van der Waals surface area contributed by atoms with Crippen molar-refractivity contribution in [1.82, 2.24) is 5.32 Å². The van der Waals surface area contributed by atoms with E-state index in [-0.39, 0.29) is 11.6 Å². The van der Waals surface area contributed by atoms with E-state index in [4.69, 9.17) is 5.73 Å². The molecule has 0 heterocycles. The molecule has 5 heteroatoms. The Morgan fingerprint density at radius 1 is 1.35 bits per heavy atom. The van der Waals surface area contributed by atoms with Gasteiger partial charge in [-0.05, 0) is 61.3 Å². The van der Waals surface area contributed by atoms with Crippen LogP contribution in [0.5, 0.6) is 0 Å². The third kappa shape index (κ3) is 4.26. The molecule has 0 unspecified atom stereocenters. The van der Waals surface area contributed by atoms with E-state index in [0.29, 0.717) is 11.4 Å². The van der Waals surface area contributed by atoms with Gasteiger partial charge in [-0.2, -0.15) is 0 Å². The first kappa shape index (κ1) is 13.8. The minimum absolute atomic E-state index is 0.249. The lowest BCUT2D eigenvalue weighted by molar-refractivity contribution is 0.244. The second-order valence-corrected chi connectivity index (χ2v) is 5.87. The Morgan fingerprint density at radius 3 is 2.47 bits per heavy atom. The molecule has 0 fully saturated rings. The average Bonchev–Trinajstić information content (AvgIpc) is 2.11. The van der Waals surface area contributed by atoms with Crippen LogP contribution in [0.15, 0.2) is 16.6 Å². The topological polar surface area (TPSA) is 67.2 Å². The Morgan fingerprint density at radius 2 is 1.94 bits per heavy atom. The number of halogens is 1. The van der Waals surface area contributed by atoms with E-state index in [1.165, 1.54) is 0 Å². The molecule has 0 aliphatic carbocycles. The van der Waals surface area contributed by atoms with Crippen LogP contribution < -0.4 is 16.4 Å². The predicted octanol–water partition coefficient (Wildman–Crippen LogP) is 3.26. The van der Waals surface area contributed by atoms with Gasteiger partial charge in [0.15, 0.2) is 0 Å². The largest absolute Gasteiger partial charge is 0.398 e. The highest BCUT2D eigenvalue weighted by molar-refractivity contribution is 9.10. The van der Waals surface area contributed by atoms with Gasteiger partial charge in [0.1, 0.15) is 0 Å². The highest BCUT2D eigenvalue weighted by Gasteiger charge is 2.14. The zero-order valence-corrected chi connectivity index (χ0v) is 12.1. The molecule has 1 aromatic carbocycles. The lowest BCUT2D eigenvalue weighted by atomic mass is 10.1. The van der Waals surface area contributed by atoms with Gasteiger partial charge < -0.3 is 16.4 Å². The molecule has 0 aliphatic heterocycles. The third-order valence-corrected chi connectivity index (χ3v) is 2.75. The average molecular weight is 300 g/mol. The van der Waals surface area contributed by atoms with Crippen molar-refractivity contribution in [3.63, 3.8) is 0 Å². The van der Waals surface area contributed by atoms with Gasteiger partial charge in [0.05, 0.1) is 5.69 Å². The van der Waals surface area contributed by atoms with Crippen LogP contribution in [0.25, 0.3) is 0 Å². The molecule has 0 saturated heterocycles. The van der Waals surface area contributed by atoms with Crippen LogP contribution >= 0.6 is 15.9 Å². The maximum absolute atomic E-state index is 11.7. The fraction of sp³-hybridized carbons (Fsp3) is 0.417. The van der Waals surface area contributed by atoms with Crippen molar-refractivity contribution in [2.75, 3.05) is 11.1 Å². The van der Waals surface area contributed by atoms with Crippen molar-refractivity contribution in [3.8, 4) is 0 Å². The number of carbonyl (C=O) groups is 1. The van der Waals surface area contributed by atoms with E-state index in [9.17, 15) is 4.79 Å². The molecule has 2 amide bonds. The second kappa shape index (κ2) is 4.96. The Hall–Kier alpha value is -1.23. The third-order valence-electron chi connectivity index (χ3n) is 2.09. The van der Waals surface area contributed by atoms with E-state index in [1.54, 1.807) is 6.07 Å². The molecule has 94 valence electrons. The summed E-state index contributed by atoms with van der Waals surface area (Å²) in [4.78, 5) is 11.7. The van der Waals surface area contributed by atoms with Gasteiger partial charge in [-0.3, -0.25) is 0 Å². The minimum Gasteiger partial charge on any atom is -0.398 e. The van der Waals surface area contributed by atoms with Gasteiger partial charge >= 0.3 is 6.03 Å². The predicted molar refractivity (Wildman–Crippen MR) is 75.2 cm³/mol. The molecule has 17 heavy (non-hydrogen) atoms. The van der Waals surface area contributed by atoms with Gasteiger partial charge in [0.25, 0.3) is 0 Å². The second-order valence-electron chi connectivity index (χ2n) is 5.02. The normalized spacial score (nSPS) is 11.1. The number of aryl methyl sites for hydroxylation is 1. The van der Waals surface area contributed by atoms with E-state index in [0.717, 1.165) is 10.0 Å². The zero-order chi connectivity index (χ0) is 13.2. The molecule has 0 aliphatic rings. The molecule has 0 radical (unpaired) electrons. The lowest BCUT2D eigenvalue weighted by Crippen LogP contribution is -2.43. The van der Waals surface area contributed by atoms with Crippen molar-refractivity contribution in [3.05, 3.63) is 22.2 Å². The Kier molecular flexibility index (Phi) is 4.03. The molecule has 0 spiro atoms. The van der Waals surface area contributed by atoms with Gasteiger partial charge in [0.2, 0.25) is 0 Å². The highest BCUT2D eigenvalue weighted by Crippen LogP contribution is 2.27. The minimum atomic E-state index is -0.271. The highest BCUT2D eigenvalue weighted by atomic mass is 79.9. The number of hydrogen-bond donors (Lipinski definition) is 3. The van der Waals surface area contributed by atoms with Gasteiger partial charge in [-0.25, -0.2) is 4.79 Å². The number of anilines is 2. The number of nitrogens with two attached hydrogens (primary N) is 1. The molecule has 4 nitrogen and oxygen atoms in total. The number of urea groups is 1. The summed E-state index contributed by atoms with van der Waals surface area (Å²) in [6.07, 6.45) is 0. The van der Waals surface area contributed by atoms with Crippen molar-refractivity contribution in [2.24, 2.45) is 0 Å². The first-order valence-corrected chi connectivity index (χ1v) is 6.13. The van der Waals surface area contributed by atoms with Crippen LogP contribution in [-0.2, 0) is 0 Å². The van der Waals surface area contributed by atoms with Crippen LogP contribution in [0.4, 0.5) is 16.2 Å². The molecular weight excluding hydrogens is 282 g/mol. The fourth-order valence-corrected chi connectivity index (χ4v) is 1.84. The van der Waals surface area contributed by atoms with Crippen LogP contribution in [0, 0.1) is 6.92 Å². The lowest BCUT2D eigenvalue weighted by Gasteiger charge is -2.21. The monoisotopic (exact) mass is 299 g/mol. The summed E-state index contributed by atoms with van der Waals surface area (Å²) >= 11 is 3.39. The maximum atomic E-state index is 11.7. The van der Waals surface area contributed by atoms with Crippen LogP contribution in [0.1, 0.15) is 26.3 Å². The number of rotatable bonds is 1. The number of nitrogen functional groups attached to an aromatic ring is 1. The molecule has 0 bridgehead atoms. The standard InChI is InChI=1S/C12H18BrN3O/c1-7-5-8(13)10(6-9(7)14)15-11(17)16-12(2,3)4/h5-6H,14H2,1-4H3,(H2,15,16,17). The van der Waals surface area contributed by atoms with Crippen molar-refractivity contribution < 1.29 is 4.79 Å². The summed E-state index contributed by atoms with van der Waals surface area (Å²) in [5.41, 5.74) is 7.81. The summed E-state index contributed by atoms with van der Waals surface area (Å²) in [6, 6.07) is 3.37.